The van der Waals surface area contributed by atoms with Crippen LogP contribution >= 0.6 is 0 Å². The molecule has 4 saturated carbocycles. The maximum absolute atomic E-state index is 15.2. The second-order valence-corrected chi connectivity index (χ2v) is 25.8. The molecule has 0 radical (unpaired) electrons. The molecule has 0 aromatic rings. The van der Waals surface area contributed by atoms with E-state index >= 15 is 4.79 Å². The van der Waals surface area contributed by atoms with E-state index in [1.807, 2.05) is 0 Å². The van der Waals surface area contributed by atoms with Crippen LogP contribution in [0.5, 0.6) is 0 Å². The zero-order chi connectivity index (χ0) is 53.3. The average molecular weight is 1040 g/mol. The van der Waals surface area contributed by atoms with Crippen molar-refractivity contribution < 1.29 is 98.9 Å². The van der Waals surface area contributed by atoms with Crippen molar-refractivity contribution in [3.05, 3.63) is 11.6 Å². The second kappa shape index (κ2) is 20.0. The highest BCUT2D eigenvalue weighted by molar-refractivity contribution is 5.79. The first-order valence-electron chi connectivity index (χ1n) is 26.9. The van der Waals surface area contributed by atoms with Crippen LogP contribution < -0.4 is 0 Å². The van der Waals surface area contributed by atoms with Crippen molar-refractivity contribution in [1.82, 2.24) is 0 Å². The van der Waals surface area contributed by atoms with Crippen molar-refractivity contribution in [2.45, 2.75) is 249 Å². The number of aliphatic hydroxyl groups excluding tert-OH is 11. The fraction of sp³-hybridized carbons (Fsp3) is 0.943. The number of aliphatic hydroxyl groups is 11. The maximum atomic E-state index is 15.2. The summed E-state index contributed by atoms with van der Waals surface area (Å²) < 4.78 is 48.0. The van der Waals surface area contributed by atoms with Gasteiger partial charge in [0, 0.05) is 0 Å². The Morgan fingerprint density at radius 2 is 1.22 bits per heavy atom. The van der Waals surface area contributed by atoms with E-state index in [2.05, 4.69) is 54.5 Å². The first-order chi connectivity index (χ1) is 34.1. The topological polar surface area (TPSA) is 313 Å². The number of esters is 1. The van der Waals surface area contributed by atoms with Gasteiger partial charge >= 0.3 is 5.97 Å². The summed E-state index contributed by atoms with van der Waals surface area (Å²) in [5.74, 6) is -0.251. The van der Waals surface area contributed by atoms with Crippen molar-refractivity contribution in [2.24, 2.45) is 50.2 Å². The summed E-state index contributed by atoms with van der Waals surface area (Å²) in [4.78, 5) is 15.2. The molecule has 0 aromatic carbocycles. The number of hydrogen-bond acceptors (Lipinski definition) is 20. The summed E-state index contributed by atoms with van der Waals surface area (Å²) in [6.45, 7) is 18.3. The fourth-order valence-corrected chi connectivity index (χ4v) is 16.1. The zero-order valence-corrected chi connectivity index (χ0v) is 43.9. The highest BCUT2D eigenvalue weighted by Crippen LogP contribution is 2.76. The number of carbonyl (C=O) groups is 1. The molecule has 4 aliphatic heterocycles. The van der Waals surface area contributed by atoms with Crippen molar-refractivity contribution in [3.63, 3.8) is 0 Å². The van der Waals surface area contributed by atoms with E-state index in [4.69, 9.17) is 37.9 Å². The molecule has 73 heavy (non-hydrogen) atoms. The molecule has 0 amide bonds. The number of allylic oxidation sites excluding steroid dienone is 2. The van der Waals surface area contributed by atoms with E-state index in [1.165, 1.54) is 19.4 Å². The Balaban J connectivity index is 0.923. The summed E-state index contributed by atoms with van der Waals surface area (Å²) in [5, 5.41) is 118. The van der Waals surface area contributed by atoms with E-state index in [0.29, 0.717) is 25.7 Å². The highest BCUT2D eigenvalue weighted by Gasteiger charge is 2.70. The third kappa shape index (κ3) is 9.11. The molecule has 27 atom stereocenters. The van der Waals surface area contributed by atoms with Gasteiger partial charge in [-0.2, -0.15) is 0 Å². The number of fused-ring (bicyclic) bond motifs is 7. The first-order valence-corrected chi connectivity index (χ1v) is 26.9. The molecular weight excluding hydrogens is 957 g/mol. The molecule has 8 fully saturated rings. The number of hydrogen-bond donors (Lipinski definition) is 11. The van der Waals surface area contributed by atoms with E-state index in [1.54, 1.807) is 0 Å². The minimum Gasteiger partial charge on any atom is -0.432 e. The second-order valence-electron chi connectivity index (χ2n) is 25.8. The molecule has 0 aromatic heterocycles. The zero-order valence-electron chi connectivity index (χ0n) is 43.9. The van der Waals surface area contributed by atoms with Crippen molar-refractivity contribution in [2.75, 3.05) is 13.2 Å². The van der Waals surface area contributed by atoms with Crippen LogP contribution in [0.2, 0.25) is 0 Å². The Labute approximate surface area is 428 Å². The van der Waals surface area contributed by atoms with E-state index in [9.17, 15) is 56.2 Å². The van der Waals surface area contributed by atoms with Crippen LogP contribution in [0.15, 0.2) is 11.6 Å². The molecule has 4 heterocycles. The molecular formula is C53H86O20. The van der Waals surface area contributed by atoms with Crippen LogP contribution in [0.25, 0.3) is 0 Å². The number of rotatable bonds is 9. The molecule has 9 aliphatic rings. The Hall–Kier alpha value is -1.51. The SMILES string of the molecule is C[C@@H]1O[C@@H](O[C@H]2[C@H](OC(=O)[C@]34CCC(C)(C)C[C@H]3C3=CC[C@@H]5[C@@]6(C)CC[C@H](O[C@@H]7OC[C@H](O[C@@H]8O[C@@H](C)[C@H](O)[C@@H](O)[C@H]8O)[C@H](O)[C@H]7O)C(C)(C)[C@@H]6CC[C@@]5(C)[C@]3(C)CC4)O[C@H](CO)[C@@H](O)[C@@H]2O)[C@H](O)[C@H](O)[C@H]1O. The van der Waals surface area contributed by atoms with Gasteiger partial charge in [0.1, 0.15) is 73.2 Å². The molecule has 418 valence electrons. The van der Waals surface area contributed by atoms with Crippen LogP contribution in [0.4, 0.5) is 0 Å². The Bertz CT molecular complexity index is 2020. The Kier molecular flexibility index (Phi) is 15.4. The van der Waals surface area contributed by atoms with Crippen LogP contribution in [0.3, 0.4) is 0 Å². The van der Waals surface area contributed by atoms with Gasteiger partial charge in [-0.25, -0.2) is 0 Å². The lowest BCUT2D eigenvalue weighted by Gasteiger charge is -2.71. The lowest BCUT2D eigenvalue weighted by molar-refractivity contribution is -0.361. The third-order valence-electron chi connectivity index (χ3n) is 21.0. The molecule has 5 aliphatic carbocycles. The van der Waals surface area contributed by atoms with Gasteiger partial charge in [-0.15, -0.1) is 0 Å². The van der Waals surface area contributed by atoms with Gasteiger partial charge in [0.2, 0.25) is 6.29 Å². The molecule has 11 N–H and O–H groups in total. The van der Waals surface area contributed by atoms with E-state index in [0.717, 1.165) is 38.5 Å². The molecule has 4 saturated heterocycles. The predicted molar refractivity (Wildman–Crippen MR) is 254 cm³/mol. The molecule has 20 nitrogen and oxygen atoms in total. The minimum absolute atomic E-state index is 0.109. The average Bonchev–Trinajstić information content (AvgIpc) is 3.33. The van der Waals surface area contributed by atoms with Gasteiger partial charge in [0.15, 0.2) is 25.0 Å². The summed E-state index contributed by atoms with van der Waals surface area (Å²) >= 11 is 0. The van der Waals surface area contributed by atoms with Crippen LogP contribution in [-0.2, 0) is 42.7 Å². The summed E-state index contributed by atoms with van der Waals surface area (Å²) in [7, 11) is 0. The third-order valence-corrected chi connectivity index (χ3v) is 21.0. The van der Waals surface area contributed by atoms with Gasteiger partial charge in [-0.05, 0) is 123 Å². The van der Waals surface area contributed by atoms with Gasteiger partial charge in [0.05, 0.1) is 36.9 Å². The van der Waals surface area contributed by atoms with Gasteiger partial charge in [-0.3, -0.25) is 4.79 Å². The van der Waals surface area contributed by atoms with Crippen LogP contribution in [0, 0.1) is 50.2 Å². The lowest BCUT2D eigenvalue weighted by Crippen LogP contribution is -2.66. The van der Waals surface area contributed by atoms with Crippen LogP contribution in [0.1, 0.15) is 127 Å². The fourth-order valence-electron chi connectivity index (χ4n) is 16.1. The first kappa shape index (κ1) is 56.2. The summed E-state index contributed by atoms with van der Waals surface area (Å²) in [6.07, 6.45) is -17.8. The molecule has 0 unspecified atom stereocenters. The van der Waals surface area contributed by atoms with E-state index < -0.39 is 135 Å². The number of carbonyl (C=O) groups excluding carboxylic acids is 1. The summed E-state index contributed by atoms with van der Waals surface area (Å²) in [6, 6.07) is 0. The van der Waals surface area contributed by atoms with Crippen LogP contribution in [-0.4, -0.2) is 198 Å². The predicted octanol–water partition coefficient (Wildman–Crippen LogP) is 0.659. The molecule has 9 rings (SSSR count). The Morgan fingerprint density at radius 1 is 0.616 bits per heavy atom. The highest BCUT2D eigenvalue weighted by atomic mass is 16.8. The maximum Gasteiger partial charge on any atom is 0.315 e. The molecule has 0 bridgehead atoms. The van der Waals surface area contributed by atoms with Gasteiger partial charge < -0.3 is 94.1 Å². The summed E-state index contributed by atoms with van der Waals surface area (Å²) in [5.41, 5.74) is -0.787. The standard InChI is InChI=1S/C53H86O20/c1-23-32(55)36(59)40(63)44(67-23)70-28-22-66-43(39(62)35(28)58)71-31-13-14-50(7)29(49(31,5)6)12-15-52(9)30(50)11-10-25-26-20-48(3,4)16-18-53(26,19-17-51(25,52)8)47(65)73-46-42(38(61)34(57)27(21-54)69-46)72-45-41(64)37(60)33(56)24(2)68-45/h10,23-24,26-46,54-64H,11-22H2,1-9H3/t23-,24-,26-,27+,28-,29-,30+,31-,32-,33-,34+,35-,36+,37+,38-,39+,40+,41+,42+,43-,44-,45-,46-,50-,51+,52+,53-/m0/s1. The minimum atomic E-state index is -1.77. The molecule has 20 heteroatoms. The van der Waals surface area contributed by atoms with Crippen molar-refractivity contribution in [1.29, 1.82) is 0 Å². The van der Waals surface area contributed by atoms with Gasteiger partial charge in [-0.1, -0.05) is 60.1 Å². The van der Waals surface area contributed by atoms with E-state index in [-0.39, 0.29) is 57.5 Å². The number of ether oxygens (including phenoxy) is 8. The largest absolute Gasteiger partial charge is 0.432 e. The normalized spacial score (nSPS) is 54.7. The quantitative estimate of drug-likeness (QED) is 0.0859. The van der Waals surface area contributed by atoms with Gasteiger partial charge in [0.25, 0.3) is 0 Å². The van der Waals surface area contributed by atoms with Crippen molar-refractivity contribution in [3.8, 4) is 0 Å². The smallest absolute Gasteiger partial charge is 0.315 e. The lowest BCUT2D eigenvalue weighted by atomic mass is 9.33. The molecule has 0 spiro atoms. The monoisotopic (exact) mass is 1040 g/mol. The van der Waals surface area contributed by atoms with Crippen molar-refractivity contribution >= 4 is 5.97 Å². The Morgan fingerprint density at radius 3 is 1.85 bits per heavy atom.